The molecule has 0 radical (unpaired) electrons. The maximum Gasteiger partial charge on any atom is 0.245 e. The molecule has 38 nitrogen and oxygen atoms in total. The second-order valence-electron chi connectivity index (χ2n) is 24.0. The fourth-order valence-corrected chi connectivity index (χ4v) is 9.81. The van der Waals surface area contributed by atoms with Gasteiger partial charge in [-0.3, -0.25) is 72.3 Å². The number of rotatable bonds is 47. The van der Waals surface area contributed by atoms with Crippen molar-refractivity contribution in [1.82, 2.24) is 63.8 Å². The maximum absolute atomic E-state index is 14.1. The number of nitrogens with zero attached hydrogens (tertiary/aromatic N) is 2. The number of aromatic hydroxyl groups is 1. The third kappa shape index (κ3) is 33.9. The van der Waals surface area contributed by atoms with Crippen molar-refractivity contribution in [3.8, 4) is 5.75 Å². The first kappa shape index (κ1) is 86.8. The molecule has 2 aromatic carbocycles. The number of nitrogens with one attached hydrogen (secondary N) is 12. The maximum atomic E-state index is 14.1. The van der Waals surface area contributed by atoms with Crippen molar-refractivity contribution < 1.29 is 77.6 Å². The fourth-order valence-electron chi connectivity index (χ4n) is 9.81. The Morgan fingerprint density at radius 2 is 0.871 bits per heavy atom. The molecule has 0 fully saturated rings. The number of aliphatic hydroxyl groups is 2. The summed E-state index contributed by atoms with van der Waals surface area (Å²) in [6.07, 6.45) is 0.0790. The molecule has 0 aliphatic carbocycles. The summed E-state index contributed by atoms with van der Waals surface area (Å²) in [5.74, 6) is -12.2. The van der Waals surface area contributed by atoms with Gasteiger partial charge in [0.2, 0.25) is 76.8 Å². The first-order chi connectivity index (χ1) is 47.7. The third-order valence-corrected chi connectivity index (χ3v) is 15.4. The molecule has 0 heterocycles. The van der Waals surface area contributed by atoms with E-state index in [1.54, 1.807) is 44.2 Å². The number of amides is 13. The Labute approximate surface area is 585 Å². The van der Waals surface area contributed by atoms with E-state index in [9.17, 15) is 77.6 Å². The molecule has 0 aliphatic rings. The van der Waals surface area contributed by atoms with Crippen LogP contribution in [-0.2, 0) is 75.2 Å². The van der Waals surface area contributed by atoms with Gasteiger partial charge in [-0.05, 0) is 153 Å². The molecule has 562 valence electrons. The van der Waals surface area contributed by atoms with E-state index >= 15 is 0 Å². The molecule has 0 saturated carbocycles. The number of nitrogens with two attached hydrogens (primary N) is 8. The Bertz CT molecular complexity index is 3150. The SMILES string of the molecule is Cc1cc(O)cc(C)c1C[C@H](N)C(=O)NCC(=O)NCC(=O)N[C@@H](Cc1ccccc1)C(=O)N[C@H](C(=O)NCC(=O)N[C@@H](C)C(=O)N[C@@H](CCCN=C(N)N)C(=O)N[C@@H](CCCCN)C(=O)N[C@@H](CO)C(=O)N[C@@H](C)C(=O)N[C@@H](CCCN=C(N)N)C(=O)N[C@@H](CCCCN)C(N)=O)[C@@H](C)O. The Morgan fingerprint density at radius 3 is 1.36 bits per heavy atom. The number of guanidine groups is 2. The van der Waals surface area contributed by atoms with Crippen LogP contribution in [0.25, 0.3) is 0 Å². The highest BCUT2D eigenvalue weighted by Gasteiger charge is 2.35. The summed E-state index contributed by atoms with van der Waals surface area (Å²) in [6, 6.07) is -2.68. The fraction of sp³-hybridized carbons (Fsp3) is 0.571. The van der Waals surface area contributed by atoms with E-state index in [0.29, 0.717) is 42.5 Å². The lowest BCUT2D eigenvalue weighted by molar-refractivity contribution is -0.136. The zero-order valence-electron chi connectivity index (χ0n) is 57.7. The number of benzene rings is 2. The summed E-state index contributed by atoms with van der Waals surface area (Å²) in [5, 5.41) is 60.0. The molecule has 2 aromatic rings. The van der Waals surface area contributed by atoms with E-state index < -0.39 is 170 Å². The Morgan fingerprint density at radius 1 is 0.455 bits per heavy atom. The Hall–Kier alpha value is -10.3. The average Bonchev–Trinajstić information content (AvgIpc) is 0.855. The van der Waals surface area contributed by atoms with E-state index in [1.165, 1.54) is 26.0 Å². The van der Waals surface area contributed by atoms with Gasteiger partial charge in [0.25, 0.3) is 0 Å². The van der Waals surface area contributed by atoms with Crippen LogP contribution in [0.1, 0.15) is 107 Å². The van der Waals surface area contributed by atoms with Crippen LogP contribution < -0.4 is 110 Å². The van der Waals surface area contributed by atoms with Crippen molar-refractivity contribution in [2.75, 3.05) is 52.4 Å². The summed E-state index contributed by atoms with van der Waals surface area (Å²) in [7, 11) is 0. The smallest absolute Gasteiger partial charge is 0.245 e. The van der Waals surface area contributed by atoms with Crippen molar-refractivity contribution in [3.05, 3.63) is 64.7 Å². The number of aryl methyl sites for hydroxylation is 2. The second-order valence-corrected chi connectivity index (χ2v) is 24.0. The molecular formula is C63H104N22O16. The van der Waals surface area contributed by atoms with Crippen LogP contribution in [0.4, 0.5) is 0 Å². The Balaban J connectivity index is 2.18. The van der Waals surface area contributed by atoms with Gasteiger partial charge >= 0.3 is 0 Å². The number of hydrogen-bond donors (Lipinski definition) is 23. The lowest BCUT2D eigenvalue weighted by atomic mass is 9.96. The zero-order valence-corrected chi connectivity index (χ0v) is 57.7. The Kier molecular flexibility index (Phi) is 39.6. The molecular weight excluding hydrogens is 1320 g/mol. The van der Waals surface area contributed by atoms with Gasteiger partial charge in [-0.1, -0.05) is 30.3 Å². The monoisotopic (exact) mass is 1420 g/mol. The zero-order chi connectivity index (χ0) is 75.9. The van der Waals surface area contributed by atoms with Crippen LogP contribution in [0.3, 0.4) is 0 Å². The molecule has 11 atom stereocenters. The highest BCUT2D eigenvalue weighted by atomic mass is 16.3. The van der Waals surface area contributed by atoms with Crippen molar-refractivity contribution in [3.63, 3.8) is 0 Å². The highest BCUT2D eigenvalue weighted by molar-refractivity contribution is 5.99. The molecule has 0 bridgehead atoms. The normalized spacial score (nSPS) is 14.2. The molecule has 101 heavy (non-hydrogen) atoms. The van der Waals surface area contributed by atoms with Crippen LogP contribution in [-0.4, -0.2) is 223 Å². The molecule has 0 aromatic heterocycles. The van der Waals surface area contributed by atoms with Gasteiger partial charge in [-0.15, -0.1) is 0 Å². The van der Waals surface area contributed by atoms with Gasteiger partial charge in [-0.25, -0.2) is 0 Å². The van der Waals surface area contributed by atoms with E-state index in [4.69, 9.17) is 45.9 Å². The van der Waals surface area contributed by atoms with E-state index in [0.717, 1.165) is 12.5 Å². The molecule has 31 N–H and O–H groups in total. The van der Waals surface area contributed by atoms with Crippen molar-refractivity contribution in [1.29, 1.82) is 0 Å². The first-order valence-corrected chi connectivity index (χ1v) is 32.9. The number of unbranched alkanes of at least 4 members (excludes halogenated alkanes) is 2. The second kappa shape index (κ2) is 46.1. The minimum absolute atomic E-state index is 0.0296. The molecule has 38 heteroatoms. The highest BCUT2D eigenvalue weighted by Crippen LogP contribution is 2.22. The molecule has 0 saturated heterocycles. The number of hydrogen-bond acceptors (Lipinski definition) is 21. The van der Waals surface area contributed by atoms with Crippen LogP contribution in [0, 0.1) is 13.8 Å². The number of carbonyl (C=O) groups is 13. The summed E-state index contributed by atoms with van der Waals surface area (Å²) >= 11 is 0. The topological polar surface area (TPSA) is 660 Å². The lowest BCUT2D eigenvalue weighted by Gasteiger charge is -2.26. The predicted octanol–water partition coefficient (Wildman–Crippen LogP) is -8.90. The largest absolute Gasteiger partial charge is 0.508 e. The van der Waals surface area contributed by atoms with Gasteiger partial charge in [0.1, 0.15) is 60.1 Å². The standard InChI is InChI=1S/C63H104N22O16/c1-33-25-39(88)26-34(2)40(33)28-41(66)55(95)75-29-48(89)74-30-50(91)79-46(27-38-15-7-6-8-16-38)59(99)85-51(37(5)87)61(101)76-31-49(90)77-35(3)53(93)81-45(20-14-24-73-63(70)71)57(97)83-43(18-10-12-22-65)58(98)84-47(32-86)60(100)78-36(4)54(94)82-44(19-13-23-72-62(68)69)56(96)80-42(52(67)92)17-9-11-21-64/h6-8,15-16,25-26,35-37,41-47,51,86-88H,9-14,17-24,27-32,64-66H2,1-5H3,(H2,67,92)(H,74,89)(H,75,95)(H,76,101)(H,77,90)(H,78,100)(H,79,91)(H,80,96)(H,81,93)(H,82,94)(H,83,97)(H,84,98)(H,85,99)(H4,68,69,72)(H4,70,71,73)/t35-,36-,37+,41-,42-,43-,44-,45-,46-,47-,51-/m0/s1. The van der Waals surface area contributed by atoms with Gasteiger partial charge < -0.3 is 125 Å². The minimum Gasteiger partial charge on any atom is -0.508 e. The van der Waals surface area contributed by atoms with Crippen molar-refractivity contribution in [2.24, 2.45) is 55.9 Å². The van der Waals surface area contributed by atoms with Crippen LogP contribution in [0.5, 0.6) is 5.75 Å². The molecule has 13 amide bonds. The number of phenolic OH excluding ortho intramolecular Hbond substituents is 1. The summed E-state index contributed by atoms with van der Waals surface area (Å²) in [4.78, 5) is 182. The first-order valence-electron chi connectivity index (χ1n) is 32.9. The van der Waals surface area contributed by atoms with Crippen LogP contribution in [0.2, 0.25) is 0 Å². The van der Waals surface area contributed by atoms with Crippen molar-refractivity contribution >= 4 is 88.7 Å². The quantitative estimate of drug-likeness (QED) is 0.0166. The molecule has 0 unspecified atom stereocenters. The van der Waals surface area contributed by atoms with Crippen LogP contribution >= 0.6 is 0 Å². The number of aliphatic imine (C=N–C) groups is 2. The van der Waals surface area contributed by atoms with E-state index in [2.05, 4.69) is 73.8 Å². The number of carbonyl (C=O) groups excluding carboxylic acids is 13. The number of primary amides is 1. The van der Waals surface area contributed by atoms with Gasteiger partial charge in [0, 0.05) is 19.5 Å². The third-order valence-electron chi connectivity index (χ3n) is 15.4. The summed E-state index contributed by atoms with van der Waals surface area (Å²) < 4.78 is 0. The van der Waals surface area contributed by atoms with Gasteiger partial charge in [-0.2, -0.15) is 0 Å². The number of aliphatic hydroxyl groups excluding tert-OH is 2. The minimum atomic E-state index is -1.74. The lowest BCUT2D eigenvalue weighted by Crippen LogP contribution is -2.60. The average molecular weight is 1430 g/mol. The molecule has 0 aliphatic heterocycles. The van der Waals surface area contributed by atoms with E-state index in [-0.39, 0.29) is 95.1 Å². The van der Waals surface area contributed by atoms with Gasteiger partial charge in [0.05, 0.1) is 38.4 Å². The van der Waals surface area contributed by atoms with Crippen LogP contribution in [0.15, 0.2) is 52.4 Å². The summed E-state index contributed by atoms with van der Waals surface area (Å²) in [6.45, 7) is 4.62. The molecule has 2 rings (SSSR count). The van der Waals surface area contributed by atoms with E-state index in [1.807, 2.05) is 0 Å². The molecule has 0 spiro atoms. The van der Waals surface area contributed by atoms with Crippen molar-refractivity contribution in [2.45, 2.75) is 178 Å². The summed E-state index contributed by atoms with van der Waals surface area (Å²) in [5.41, 5.74) is 47.5. The van der Waals surface area contributed by atoms with Gasteiger partial charge in [0.15, 0.2) is 11.9 Å². The number of phenols is 1. The predicted molar refractivity (Wildman–Crippen MR) is 371 cm³/mol.